The highest BCUT2D eigenvalue weighted by atomic mass is 35.6. The van der Waals surface area contributed by atoms with E-state index < -0.39 is 27.6 Å². The molecule has 0 saturated carbocycles. The summed E-state index contributed by atoms with van der Waals surface area (Å²) in [7, 11) is 0. The highest BCUT2D eigenvalue weighted by Crippen LogP contribution is 2.40. The van der Waals surface area contributed by atoms with Crippen molar-refractivity contribution in [3.8, 4) is 5.75 Å². The van der Waals surface area contributed by atoms with Gasteiger partial charge in [-0.3, -0.25) is 0 Å². The van der Waals surface area contributed by atoms with Gasteiger partial charge in [0.1, 0.15) is 30.6 Å². The molecule has 2 aromatic carbocycles. The zero-order valence-corrected chi connectivity index (χ0v) is 20.3. The third kappa shape index (κ3) is 6.00. The number of nitrogens with zero attached hydrogens (tertiary/aromatic N) is 1. The summed E-state index contributed by atoms with van der Waals surface area (Å²) < 4.78 is 15.2. The summed E-state index contributed by atoms with van der Waals surface area (Å²) in [5.74, 6) is 0.552. The minimum absolute atomic E-state index is 0.0321. The van der Waals surface area contributed by atoms with Crippen LogP contribution in [0.1, 0.15) is 32.4 Å². The van der Waals surface area contributed by atoms with E-state index in [9.17, 15) is 4.79 Å². The minimum atomic E-state index is -1.85. The molecule has 0 fully saturated rings. The Kier molecular flexibility index (Phi) is 7.48. The zero-order valence-electron chi connectivity index (χ0n) is 18.0. The Bertz CT molecular complexity index is 1030. The van der Waals surface area contributed by atoms with E-state index in [4.69, 9.17) is 49.0 Å². The van der Waals surface area contributed by atoms with Gasteiger partial charge in [0, 0.05) is 10.9 Å². The molecule has 0 aliphatic carbocycles. The Morgan fingerprint density at radius 1 is 1.25 bits per heavy atom. The standard InChI is InChI=1S/C23H25Cl3N2O4/c1-5-12-30-19-15-9-7-6-8-14(15)10-11-16(19)18-17(27-21(29)32-22(2,3)4)13-31-20(28-18)23(24,25)26/h5-11,17-18H,1,12-13H2,2-4H3,(H,27,29)/t17-,18+/m1/s1. The molecule has 2 atom stereocenters. The van der Waals surface area contributed by atoms with Gasteiger partial charge in [-0.15, -0.1) is 0 Å². The maximum Gasteiger partial charge on any atom is 0.408 e. The lowest BCUT2D eigenvalue weighted by Gasteiger charge is -2.33. The van der Waals surface area contributed by atoms with E-state index in [1.165, 1.54) is 0 Å². The van der Waals surface area contributed by atoms with Crippen LogP contribution in [0.2, 0.25) is 0 Å². The molecule has 1 amide bonds. The smallest absolute Gasteiger partial charge is 0.408 e. The van der Waals surface area contributed by atoms with E-state index in [2.05, 4.69) is 16.9 Å². The predicted octanol–water partition coefficient (Wildman–Crippen LogP) is 6.14. The highest BCUT2D eigenvalue weighted by molar-refractivity contribution is 6.76. The monoisotopic (exact) mass is 498 g/mol. The molecule has 9 heteroatoms. The van der Waals surface area contributed by atoms with Crippen LogP contribution in [-0.2, 0) is 9.47 Å². The van der Waals surface area contributed by atoms with Crippen molar-refractivity contribution in [2.45, 2.75) is 42.2 Å². The maximum atomic E-state index is 12.5. The number of halogens is 3. The first-order valence-electron chi connectivity index (χ1n) is 10.0. The van der Waals surface area contributed by atoms with Crippen LogP contribution in [0.15, 0.2) is 54.0 Å². The van der Waals surface area contributed by atoms with Crippen molar-refractivity contribution in [1.29, 1.82) is 0 Å². The largest absolute Gasteiger partial charge is 0.489 e. The second kappa shape index (κ2) is 9.77. The van der Waals surface area contributed by atoms with Gasteiger partial charge in [-0.2, -0.15) is 0 Å². The number of carbonyl (C=O) groups excluding carboxylic acids is 1. The van der Waals surface area contributed by atoms with Crippen LogP contribution >= 0.6 is 34.8 Å². The van der Waals surface area contributed by atoms with Gasteiger partial charge in [0.15, 0.2) is 0 Å². The Labute approximate surface area is 202 Å². The van der Waals surface area contributed by atoms with E-state index in [1.807, 2.05) is 36.4 Å². The van der Waals surface area contributed by atoms with Gasteiger partial charge >= 0.3 is 6.09 Å². The molecule has 2 aromatic rings. The number of nitrogens with one attached hydrogen (secondary N) is 1. The van der Waals surface area contributed by atoms with Crippen LogP contribution in [0, 0.1) is 0 Å². The molecule has 1 aliphatic heterocycles. The summed E-state index contributed by atoms with van der Waals surface area (Å²) in [6.45, 7) is 9.40. The van der Waals surface area contributed by atoms with Gasteiger partial charge in [0.25, 0.3) is 3.79 Å². The van der Waals surface area contributed by atoms with Crippen LogP contribution in [-0.4, -0.2) is 40.6 Å². The van der Waals surface area contributed by atoms with E-state index >= 15 is 0 Å². The molecule has 1 aliphatic rings. The van der Waals surface area contributed by atoms with Crippen molar-refractivity contribution < 1.29 is 19.0 Å². The zero-order chi connectivity index (χ0) is 23.5. The SMILES string of the molecule is C=CCOc1c([C@@H]2N=C(C(Cl)(Cl)Cl)OC[C@H]2NC(=O)OC(C)(C)C)ccc2ccccc12. The van der Waals surface area contributed by atoms with Gasteiger partial charge in [-0.05, 0) is 26.2 Å². The maximum absolute atomic E-state index is 12.5. The van der Waals surface area contributed by atoms with Crippen LogP contribution < -0.4 is 10.1 Å². The fourth-order valence-corrected chi connectivity index (χ4v) is 3.64. The number of ether oxygens (including phenoxy) is 3. The van der Waals surface area contributed by atoms with Crippen LogP contribution in [0.3, 0.4) is 0 Å². The first-order valence-corrected chi connectivity index (χ1v) is 11.2. The Morgan fingerprint density at radius 2 is 1.97 bits per heavy atom. The number of alkyl halides is 3. The molecule has 1 N–H and O–H groups in total. The van der Waals surface area contributed by atoms with E-state index in [1.54, 1.807) is 26.8 Å². The number of amides is 1. The number of carbonyl (C=O) groups is 1. The number of hydrogen-bond donors (Lipinski definition) is 1. The van der Waals surface area contributed by atoms with E-state index in [0.29, 0.717) is 11.3 Å². The van der Waals surface area contributed by atoms with Gasteiger partial charge in [-0.1, -0.05) is 83.9 Å². The number of fused-ring (bicyclic) bond motifs is 1. The second-order valence-electron chi connectivity index (χ2n) is 8.25. The molecule has 0 bridgehead atoms. The molecule has 3 rings (SSSR count). The molecule has 0 radical (unpaired) electrons. The molecule has 32 heavy (non-hydrogen) atoms. The topological polar surface area (TPSA) is 69.2 Å². The molecule has 172 valence electrons. The lowest BCUT2D eigenvalue weighted by molar-refractivity contribution is 0.0464. The Balaban J connectivity index is 2.08. The number of hydrogen-bond acceptors (Lipinski definition) is 5. The molecule has 6 nitrogen and oxygen atoms in total. The van der Waals surface area contributed by atoms with Crippen molar-refractivity contribution in [1.82, 2.24) is 5.32 Å². The third-order valence-electron chi connectivity index (χ3n) is 4.56. The van der Waals surface area contributed by atoms with E-state index in [0.717, 1.165) is 10.8 Å². The fourth-order valence-electron chi connectivity index (χ4n) is 3.33. The number of aliphatic imine (C=N–C) groups is 1. The average molecular weight is 500 g/mol. The second-order valence-corrected chi connectivity index (χ2v) is 10.5. The van der Waals surface area contributed by atoms with Crippen molar-refractivity contribution >= 4 is 57.6 Å². The lowest BCUT2D eigenvalue weighted by Crippen LogP contribution is -2.48. The normalized spacial score (nSPS) is 19.0. The summed E-state index contributed by atoms with van der Waals surface area (Å²) in [6, 6.07) is 10.4. The molecule has 0 unspecified atom stereocenters. The van der Waals surface area contributed by atoms with Gasteiger partial charge in [0.05, 0.1) is 6.04 Å². The highest BCUT2D eigenvalue weighted by Gasteiger charge is 2.40. The van der Waals surface area contributed by atoms with Crippen LogP contribution in [0.5, 0.6) is 5.75 Å². The average Bonchev–Trinajstić information content (AvgIpc) is 2.70. The number of benzene rings is 2. The van der Waals surface area contributed by atoms with Crippen LogP contribution in [0.4, 0.5) is 4.79 Å². The summed E-state index contributed by atoms with van der Waals surface area (Å²) in [6.07, 6.45) is 1.06. The molecular formula is C23H25Cl3N2O4. The van der Waals surface area contributed by atoms with Gasteiger partial charge in [0.2, 0.25) is 5.90 Å². The minimum Gasteiger partial charge on any atom is -0.489 e. The lowest BCUT2D eigenvalue weighted by atomic mass is 9.95. The summed E-state index contributed by atoms with van der Waals surface area (Å²) in [5.41, 5.74) is 0.0455. The first-order chi connectivity index (χ1) is 15.0. The molecule has 0 spiro atoms. The van der Waals surface area contributed by atoms with Gasteiger partial charge in [-0.25, -0.2) is 9.79 Å². The number of rotatable bonds is 5. The molecule has 0 saturated heterocycles. The summed E-state index contributed by atoms with van der Waals surface area (Å²) >= 11 is 18.1. The predicted molar refractivity (Wildman–Crippen MR) is 129 cm³/mol. The first kappa shape index (κ1) is 24.5. The fraction of sp³-hybridized carbons (Fsp3) is 0.391. The van der Waals surface area contributed by atoms with Crippen LogP contribution in [0.25, 0.3) is 10.8 Å². The van der Waals surface area contributed by atoms with Crippen molar-refractivity contribution in [3.05, 3.63) is 54.6 Å². The van der Waals surface area contributed by atoms with E-state index in [-0.39, 0.29) is 19.1 Å². The molecular weight excluding hydrogens is 475 g/mol. The summed E-state index contributed by atoms with van der Waals surface area (Å²) in [4.78, 5) is 17.0. The quantitative estimate of drug-likeness (QED) is 0.396. The van der Waals surface area contributed by atoms with Crippen molar-refractivity contribution in [2.75, 3.05) is 13.2 Å². The summed E-state index contributed by atoms with van der Waals surface area (Å²) in [5, 5.41) is 4.71. The molecule has 0 aromatic heterocycles. The molecule has 1 heterocycles. The Hall–Kier alpha value is -2.15. The third-order valence-corrected chi connectivity index (χ3v) is 5.04. The van der Waals surface area contributed by atoms with Crippen molar-refractivity contribution in [3.63, 3.8) is 0 Å². The number of alkyl carbamates (subject to hydrolysis) is 1. The Morgan fingerprint density at radius 3 is 2.62 bits per heavy atom. The van der Waals surface area contributed by atoms with Crippen molar-refractivity contribution in [2.24, 2.45) is 4.99 Å². The van der Waals surface area contributed by atoms with Gasteiger partial charge < -0.3 is 19.5 Å².